The number of amides is 1. The molecule has 0 bridgehead atoms. The molecule has 0 aliphatic carbocycles. The van der Waals surface area contributed by atoms with Gasteiger partial charge in [-0.3, -0.25) is 14.9 Å². The molecule has 1 aliphatic rings. The van der Waals surface area contributed by atoms with Gasteiger partial charge in [0.15, 0.2) is 0 Å². The molecule has 1 fully saturated rings. The molecule has 1 aliphatic heterocycles. The Morgan fingerprint density at radius 3 is 2.96 bits per heavy atom. The van der Waals surface area contributed by atoms with E-state index in [1.807, 2.05) is 17.8 Å². The van der Waals surface area contributed by atoms with Crippen LogP contribution < -0.4 is 5.32 Å². The predicted octanol–water partition coefficient (Wildman–Crippen LogP) is 1.48. The first-order valence-electron chi connectivity index (χ1n) is 7.22. The molecule has 1 saturated heterocycles. The Kier molecular flexibility index (Phi) is 4.14. The van der Waals surface area contributed by atoms with E-state index < -0.39 is 4.92 Å². The quantitative estimate of drug-likeness (QED) is 0.677. The normalized spacial score (nSPS) is 18.2. The number of rotatable bonds is 3. The van der Waals surface area contributed by atoms with Gasteiger partial charge < -0.3 is 14.8 Å². The zero-order chi connectivity index (χ0) is 16.6. The zero-order valence-electron chi connectivity index (χ0n) is 12.9. The number of nitrogens with zero attached hydrogens (tertiary/aromatic N) is 4. The number of imidazole rings is 1. The van der Waals surface area contributed by atoms with Gasteiger partial charge in [-0.1, -0.05) is 0 Å². The molecular formula is C14H17N5O3S. The lowest BCUT2D eigenvalue weighted by molar-refractivity contribution is -0.385. The molecule has 1 amide bonds. The maximum Gasteiger partial charge on any atom is 0.283 e. The number of thiophene rings is 1. The minimum absolute atomic E-state index is 0.00188. The lowest BCUT2D eigenvalue weighted by Gasteiger charge is -2.35. The fraction of sp³-hybridized carbons (Fsp3) is 0.429. The second kappa shape index (κ2) is 6.09. The van der Waals surface area contributed by atoms with Gasteiger partial charge in [0.05, 0.1) is 14.7 Å². The average Bonchev–Trinajstić information content (AvgIpc) is 3.12. The molecule has 1 atom stereocenters. The van der Waals surface area contributed by atoms with Crippen LogP contribution in [0.5, 0.6) is 0 Å². The van der Waals surface area contributed by atoms with Crippen molar-refractivity contribution >= 4 is 22.9 Å². The molecular weight excluding hydrogens is 318 g/mol. The molecule has 2 aromatic heterocycles. The highest BCUT2D eigenvalue weighted by Gasteiger charge is 2.32. The number of nitrogens with one attached hydrogen (secondary N) is 1. The van der Waals surface area contributed by atoms with E-state index >= 15 is 0 Å². The fourth-order valence-electron chi connectivity index (χ4n) is 2.78. The number of aromatic nitrogens is 2. The summed E-state index contributed by atoms with van der Waals surface area (Å²) in [6.45, 7) is 3.51. The molecule has 0 spiro atoms. The minimum Gasteiger partial charge on any atom is -0.336 e. The third-order valence-electron chi connectivity index (χ3n) is 3.96. The van der Waals surface area contributed by atoms with Crippen molar-refractivity contribution in [1.29, 1.82) is 0 Å². The molecule has 0 saturated carbocycles. The predicted molar refractivity (Wildman–Crippen MR) is 85.6 cm³/mol. The summed E-state index contributed by atoms with van der Waals surface area (Å²) in [5.74, 6) is 0.619. The molecule has 3 rings (SSSR count). The second-order valence-corrected chi connectivity index (χ2v) is 6.68. The van der Waals surface area contributed by atoms with Gasteiger partial charge in [0.1, 0.15) is 11.9 Å². The molecule has 1 unspecified atom stereocenters. The second-order valence-electron chi connectivity index (χ2n) is 5.42. The van der Waals surface area contributed by atoms with Crippen molar-refractivity contribution in [3.05, 3.63) is 44.2 Å². The maximum atomic E-state index is 12.9. The first-order valence-corrected chi connectivity index (χ1v) is 8.04. The van der Waals surface area contributed by atoms with Gasteiger partial charge in [-0.05, 0) is 6.92 Å². The summed E-state index contributed by atoms with van der Waals surface area (Å²) in [6.07, 6.45) is 3.54. The van der Waals surface area contributed by atoms with E-state index in [-0.39, 0.29) is 17.6 Å². The smallest absolute Gasteiger partial charge is 0.283 e. The van der Waals surface area contributed by atoms with Gasteiger partial charge in [-0.2, -0.15) is 0 Å². The average molecular weight is 335 g/mol. The van der Waals surface area contributed by atoms with Gasteiger partial charge in [0.2, 0.25) is 0 Å². The van der Waals surface area contributed by atoms with E-state index in [9.17, 15) is 14.9 Å². The van der Waals surface area contributed by atoms with Crippen LogP contribution in [0.4, 0.5) is 5.69 Å². The Morgan fingerprint density at radius 1 is 1.57 bits per heavy atom. The highest BCUT2D eigenvalue weighted by atomic mass is 32.1. The topological polar surface area (TPSA) is 93.3 Å². The SMILES string of the molecule is Cc1sc(C(=O)N2CCNCC2c2nccn2C)cc1[N+](=O)[O-]. The Morgan fingerprint density at radius 2 is 2.35 bits per heavy atom. The molecule has 23 heavy (non-hydrogen) atoms. The van der Waals surface area contributed by atoms with Crippen molar-refractivity contribution in [1.82, 2.24) is 19.8 Å². The zero-order valence-corrected chi connectivity index (χ0v) is 13.7. The Hall–Kier alpha value is -2.26. The molecule has 8 nitrogen and oxygen atoms in total. The number of nitro groups is 1. The van der Waals surface area contributed by atoms with E-state index in [2.05, 4.69) is 10.3 Å². The largest absolute Gasteiger partial charge is 0.336 e. The van der Waals surface area contributed by atoms with Gasteiger partial charge in [0, 0.05) is 45.1 Å². The van der Waals surface area contributed by atoms with Crippen LogP contribution in [0.3, 0.4) is 0 Å². The molecule has 122 valence electrons. The molecule has 1 N–H and O–H groups in total. The number of piperazine rings is 1. The Balaban J connectivity index is 1.91. The van der Waals surface area contributed by atoms with Crippen molar-refractivity contribution in [3.63, 3.8) is 0 Å². The van der Waals surface area contributed by atoms with Crippen LogP contribution in [-0.4, -0.2) is 44.9 Å². The molecule has 9 heteroatoms. The number of hydrogen-bond donors (Lipinski definition) is 1. The first-order chi connectivity index (χ1) is 11.0. The number of carbonyl (C=O) groups is 1. The molecule has 0 aromatic carbocycles. The summed E-state index contributed by atoms with van der Waals surface area (Å²) in [5, 5.41) is 14.3. The van der Waals surface area contributed by atoms with Gasteiger partial charge >= 0.3 is 0 Å². The van der Waals surface area contributed by atoms with Crippen LogP contribution in [0.25, 0.3) is 0 Å². The number of hydrogen-bond acceptors (Lipinski definition) is 6. The van der Waals surface area contributed by atoms with E-state index in [1.54, 1.807) is 18.0 Å². The third kappa shape index (κ3) is 2.84. The summed E-state index contributed by atoms with van der Waals surface area (Å²) in [4.78, 5) is 30.4. The van der Waals surface area contributed by atoms with Gasteiger partial charge in [-0.15, -0.1) is 11.3 Å². The summed E-state index contributed by atoms with van der Waals surface area (Å²) in [7, 11) is 1.89. The number of carbonyl (C=O) groups excluding carboxylic acids is 1. The molecule has 3 heterocycles. The van der Waals surface area contributed by atoms with Crippen molar-refractivity contribution in [2.45, 2.75) is 13.0 Å². The highest BCUT2D eigenvalue weighted by Crippen LogP contribution is 2.31. The minimum atomic E-state index is -0.448. The van der Waals surface area contributed by atoms with Crippen LogP contribution in [-0.2, 0) is 7.05 Å². The van der Waals surface area contributed by atoms with E-state index in [4.69, 9.17) is 0 Å². The summed E-state index contributed by atoms with van der Waals surface area (Å²) in [5.41, 5.74) is 0.00188. The first kappa shape index (κ1) is 15.6. The maximum absolute atomic E-state index is 12.9. The highest BCUT2D eigenvalue weighted by molar-refractivity contribution is 7.14. The lowest BCUT2D eigenvalue weighted by Crippen LogP contribution is -2.49. The van der Waals surface area contributed by atoms with Crippen LogP contribution in [0.15, 0.2) is 18.5 Å². The van der Waals surface area contributed by atoms with Gasteiger partial charge in [-0.25, -0.2) is 4.98 Å². The van der Waals surface area contributed by atoms with Crippen LogP contribution in [0.2, 0.25) is 0 Å². The third-order valence-corrected chi connectivity index (χ3v) is 4.99. The fourth-order valence-corrected chi connectivity index (χ4v) is 3.72. The molecule has 0 radical (unpaired) electrons. The van der Waals surface area contributed by atoms with Crippen molar-refractivity contribution in [2.24, 2.45) is 7.05 Å². The lowest BCUT2D eigenvalue weighted by atomic mass is 10.1. The number of aryl methyl sites for hydroxylation is 2. The van der Waals surface area contributed by atoms with E-state index in [1.165, 1.54) is 17.4 Å². The Labute approximate surface area is 136 Å². The summed E-state index contributed by atoms with van der Waals surface area (Å²) >= 11 is 1.17. The summed E-state index contributed by atoms with van der Waals surface area (Å²) < 4.78 is 1.89. The van der Waals surface area contributed by atoms with Crippen molar-refractivity contribution in [2.75, 3.05) is 19.6 Å². The van der Waals surface area contributed by atoms with Crippen molar-refractivity contribution < 1.29 is 9.72 Å². The Bertz CT molecular complexity index is 753. The van der Waals surface area contributed by atoms with E-state index in [0.717, 1.165) is 5.82 Å². The summed E-state index contributed by atoms with van der Waals surface area (Å²) in [6, 6.07) is 1.19. The van der Waals surface area contributed by atoms with Crippen molar-refractivity contribution in [3.8, 4) is 0 Å². The standard InChI is InChI=1S/C14H17N5O3S/c1-9-10(19(21)22)7-12(23-9)14(20)18-6-3-15-8-11(18)13-16-4-5-17(13)2/h4-5,7,11,15H,3,6,8H2,1-2H3. The van der Waals surface area contributed by atoms with Crippen LogP contribution in [0, 0.1) is 17.0 Å². The monoisotopic (exact) mass is 335 g/mol. The van der Waals surface area contributed by atoms with Crippen LogP contribution >= 0.6 is 11.3 Å². The van der Waals surface area contributed by atoms with Crippen LogP contribution in [0.1, 0.15) is 26.4 Å². The van der Waals surface area contributed by atoms with Gasteiger partial charge in [0.25, 0.3) is 11.6 Å². The van der Waals surface area contributed by atoms with E-state index in [0.29, 0.717) is 29.4 Å². The molecule has 2 aromatic rings.